The van der Waals surface area contributed by atoms with Crippen molar-refractivity contribution in [3.05, 3.63) is 89.0 Å². The molecule has 0 spiro atoms. The molecule has 1 amide bonds. The van der Waals surface area contributed by atoms with Crippen LogP contribution in [0.1, 0.15) is 29.7 Å². The summed E-state index contributed by atoms with van der Waals surface area (Å²) in [6.07, 6.45) is 0. The van der Waals surface area contributed by atoms with E-state index in [-0.39, 0.29) is 17.9 Å². The zero-order chi connectivity index (χ0) is 25.9. The highest BCUT2D eigenvalue weighted by Crippen LogP contribution is 2.43. The first-order valence-electron chi connectivity index (χ1n) is 12.0. The maximum absolute atomic E-state index is 13.4. The number of ketones is 1. The van der Waals surface area contributed by atoms with Gasteiger partial charge in [0.2, 0.25) is 0 Å². The molecule has 1 N–H and O–H groups in total. The highest BCUT2D eigenvalue weighted by Gasteiger charge is 2.46. The lowest BCUT2D eigenvalue weighted by molar-refractivity contribution is -0.140. The number of rotatable bonds is 7. The number of methoxy groups -OCH3 is 1. The molecule has 8 nitrogen and oxygen atoms in total. The Morgan fingerprint density at radius 1 is 0.973 bits per heavy atom. The Bertz CT molecular complexity index is 1370. The van der Waals surface area contributed by atoms with Gasteiger partial charge in [-0.3, -0.25) is 9.59 Å². The van der Waals surface area contributed by atoms with E-state index in [1.54, 1.807) is 36.4 Å². The number of likely N-dealkylation sites (tertiary alicyclic amines) is 1. The van der Waals surface area contributed by atoms with E-state index in [1.165, 1.54) is 12.0 Å². The number of nitrogens with zero attached hydrogens (tertiary/aromatic N) is 1. The van der Waals surface area contributed by atoms with Crippen molar-refractivity contribution in [2.75, 3.05) is 26.9 Å². The lowest BCUT2D eigenvalue weighted by Crippen LogP contribution is -2.29. The molecule has 1 atom stereocenters. The first-order valence-corrected chi connectivity index (χ1v) is 12.0. The molecular formula is C29H27NO7. The Morgan fingerprint density at radius 2 is 1.73 bits per heavy atom. The Kier molecular flexibility index (Phi) is 6.72. The van der Waals surface area contributed by atoms with Crippen molar-refractivity contribution < 1.29 is 33.6 Å². The summed E-state index contributed by atoms with van der Waals surface area (Å²) < 4.78 is 22.4. The molecule has 2 heterocycles. The molecule has 0 unspecified atom stereocenters. The van der Waals surface area contributed by atoms with Crippen LogP contribution in [-0.2, 0) is 16.1 Å². The summed E-state index contributed by atoms with van der Waals surface area (Å²) in [7, 11) is 1.53. The number of amides is 1. The SMILES string of the molecule is CCOc1ccc([C@H]2/C(=C(\O)c3ccc4c(c3)OCCO4)C(=O)C(=O)N2Cc2ccccc2)cc1OC. The molecule has 8 heteroatoms. The number of aliphatic hydroxyl groups excluding tert-OH is 1. The first-order chi connectivity index (χ1) is 18.0. The topological polar surface area (TPSA) is 94.5 Å². The zero-order valence-corrected chi connectivity index (χ0v) is 20.6. The van der Waals surface area contributed by atoms with Gasteiger partial charge in [-0.25, -0.2) is 0 Å². The van der Waals surface area contributed by atoms with Gasteiger partial charge in [-0.1, -0.05) is 36.4 Å². The second kappa shape index (κ2) is 10.3. The van der Waals surface area contributed by atoms with E-state index >= 15 is 0 Å². The van der Waals surface area contributed by atoms with Gasteiger partial charge in [0.25, 0.3) is 11.7 Å². The number of benzene rings is 3. The number of hydrogen-bond acceptors (Lipinski definition) is 7. The van der Waals surface area contributed by atoms with Crippen molar-refractivity contribution >= 4 is 17.4 Å². The largest absolute Gasteiger partial charge is 0.507 e. The highest BCUT2D eigenvalue weighted by molar-refractivity contribution is 6.46. The van der Waals surface area contributed by atoms with Crippen LogP contribution in [0.5, 0.6) is 23.0 Å². The third-order valence-electron chi connectivity index (χ3n) is 6.35. The van der Waals surface area contributed by atoms with Gasteiger partial charge in [-0.05, 0) is 48.4 Å². The Hall–Kier alpha value is -4.46. The summed E-state index contributed by atoms with van der Waals surface area (Å²) in [5.74, 6) is 0.281. The van der Waals surface area contributed by atoms with Gasteiger partial charge in [0, 0.05) is 12.1 Å². The van der Waals surface area contributed by atoms with Gasteiger partial charge in [0.15, 0.2) is 23.0 Å². The molecule has 3 aromatic carbocycles. The minimum absolute atomic E-state index is 0.0104. The fourth-order valence-corrected chi connectivity index (χ4v) is 4.64. The number of carbonyl (C=O) groups excluding carboxylic acids is 2. The van der Waals surface area contributed by atoms with Crippen LogP contribution in [0, 0.1) is 0 Å². The standard InChI is InChI=1S/C29H27NO7/c1-3-35-21-11-9-19(15-23(21)34-2)26-25(27(31)20-10-12-22-24(16-20)37-14-13-36-22)28(32)29(33)30(26)17-18-7-5-4-6-8-18/h4-12,15-16,26,31H,3,13-14,17H2,1-2H3/b27-25+/t26-/m0/s1. The Balaban J connectivity index is 1.65. The van der Waals surface area contributed by atoms with Crippen molar-refractivity contribution in [1.29, 1.82) is 0 Å². The maximum Gasteiger partial charge on any atom is 0.295 e. The molecule has 2 aliphatic rings. The first kappa shape index (κ1) is 24.2. The fraction of sp³-hybridized carbons (Fsp3) is 0.241. The molecular weight excluding hydrogens is 474 g/mol. The summed E-state index contributed by atoms with van der Waals surface area (Å²) in [4.78, 5) is 28.2. The third-order valence-corrected chi connectivity index (χ3v) is 6.35. The van der Waals surface area contributed by atoms with Crippen LogP contribution >= 0.6 is 0 Å². The molecule has 3 aromatic rings. The number of ether oxygens (including phenoxy) is 4. The van der Waals surface area contributed by atoms with Crippen LogP contribution in [0.15, 0.2) is 72.3 Å². The van der Waals surface area contributed by atoms with Gasteiger partial charge in [0.05, 0.1) is 25.3 Å². The molecule has 1 fully saturated rings. The molecule has 1 saturated heterocycles. The molecule has 2 aliphatic heterocycles. The van der Waals surface area contributed by atoms with Gasteiger partial charge in [0.1, 0.15) is 19.0 Å². The summed E-state index contributed by atoms with van der Waals surface area (Å²) in [6, 6.07) is 18.7. The van der Waals surface area contributed by atoms with Crippen molar-refractivity contribution in [1.82, 2.24) is 4.90 Å². The van der Waals surface area contributed by atoms with E-state index < -0.39 is 17.7 Å². The summed E-state index contributed by atoms with van der Waals surface area (Å²) in [6.45, 7) is 3.32. The second-order valence-corrected chi connectivity index (χ2v) is 8.61. The molecule has 0 radical (unpaired) electrons. The van der Waals surface area contributed by atoms with Gasteiger partial charge in [-0.15, -0.1) is 0 Å². The van der Waals surface area contributed by atoms with Crippen LogP contribution in [-0.4, -0.2) is 48.6 Å². The normalized spacial score (nSPS) is 18.1. The predicted molar refractivity (Wildman–Crippen MR) is 136 cm³/mol. The summed E-state index contributed by atoms with van der Waals surface area (Å²) >= 11 is 0. The molecule has 0 aromatic heterocycles. The van der Waals surface area contributed by atoms with Crippen LogP contribution in [0.3, 0.4) is 0 Å². The van der Waals surface area contributed by atoms with Gasteiger partial charge < -0.3 is 29.0 Å². The summed E-state index contributed by atoms with van der Waals surface area (Å²) in [5, 5.41) is 11.4. The number of Topliss-reactive ketones (excluding diaryl/α,β-unsaturated/α-hetero) is 1. The van der Waals surface area contributed by atoms with Crippen LogP contribution in [0.4, 0.5) is 0 Å². The molecule has 0 bridgehead atoms. The van der Waals surface area contributed by atoms with E-state index in [4.69, 9.17) is 18.9 Å². The third kappa shape index (κ3) is 4.58. The van der Waals surface area contributed by atoms with E-state index in [0.717, 1.165) is 5.56 Å². The summed E-state index contributed by atoms with van der Waals surface area (Å²) in [5.41, 5.74) is 1.80. The van der Waals surface area contributed by atoms with Crippen molar-refractivity contribution in [2.24, 2.45) is 0 Å². The minimum Gasteiger partial charge on any atom is -0.507 e. The Morgan fingerprint density at radius 3 is 2.46 bits per heavy atom. The number of aliphatic hydroxyl groups is 1. The fourth-order valence-electron chi connectivity index (χ4n) is 4.64. The number of hydrogen-bond donors (Lipinski definition) is 1. The molecule has 190 valence electrons. The number of carbonyl (C=O) groups is 2. The minimum atomic E-state index is -0.849. The zero-order valence-electron chi connectivity index (χ0n) is 20.6. The maximum atomic E-state index is 13.4. The lowest BCUT2D eigenvalue weighted by Gasteiger charge is -2.26. The van der Waals surface area contributed by atoms with E-state index in [2.05, 4.69) is 0 Å². The monoisotopic (exact) mass is 501 g/mol. The van der Waals surface area contributed by atoms with E-state index in [0.29, 0.717) is 53.9 Å². The molecule has 0 saturated carbocycles. The second-order valence-electron chi connectivity index (χ2n) is 8.61. The Labute approximate surface area is 214 Å². The average molecular weight is 502 g/mol. The average Bonchev–Trinajstić information content (AvgIpc) is 3.18. The van der Waals surface area contributed by atoms with Crippen LogP contribution < -0.4 is 18.9 Å². The quantitative estimate of drug-likeness (QED) is 0.290. The lowest BCUT2D eigenvalue weighted by atomic mass is 9.94. The predicted octanol–water partition coefficient (Wildman–Crippen LogP) is 4.49. The smallest absolute Gasteiger partial charge is 0.295 e. The van der Waals surface area contributed by atoms with Gasteiger partial charge in [-0.2, -0.15) is 0 Å². The van der Waals surface area contributed by atoms with Gasteiger partial charge >= 0.3 is 0 Å². The number of fused-ring (bicyclic) bond motifs is 1. The molecule has 0 aliphatic carbocycles. The van der Waals surface area contributed by atoms with E-state index in [9.17, 15) is 14.7 Å². The molecule has 37 heavy (non-hydrogen) atoms. The van der Waals surface area contributed by atoms with Crippen LogP contribution in [0.25, 0.3) is 5.76 Å². The van der Waals surface area contributed by atoms with Crippen molar-refractivity contribution in [3.8, 4) is 23.0 Å². The molecule has 5 rings (SSSR count). The van der Waals surface area contributed by atoms with Crippen molar-refractivity contribution in [2.45, 2.75) is 19.5 Å². The highest BCUT2D eigenvalue weighted by atomic mass is 16.6. The van der Waals surface area contributed by atoms with Crippen LogP contribution in [0.2, 0.25) is 0 Å². The van der Waals surface area contributed by atoms with E-state index in [1.807, 2.05) is 37.3 Å². The van der Waals surface area contributed by atoms with Crippen molar-refractivity contribution in [3.63, 3.8) is 0 Å².